The predicted molar refractivity (Wildman–Crippen MR) is 95.0 cm³/mol. The minimum Gasteiger partial charge on any atom is -0.494 e. The minimum atomic E-state index is -0.464. The van der Waals surface area contributed by atoms with Crippen molar-refractivity contribution in [3.63, 3.8) is 0 Å². The Morgan fingerprint density at radius 2 is 1.88 bits per heavy atom. The number of thiophene rings is 1. The van der Waals surface area contributed by atoms with E-state index in [0.717, 1.165) is 12.2 Å². The van der Waals surface area contributed by atoms with Crippen LogP contribution in [-0.2, 0) is 4.74 Å². The number of benzene rings is 1. The molecule has 0 radical (unpaired) electrons. The molecular formula is C18H21NO4S. The van der Waals surface area contributed by atoms with Gasteiger partial charge < -0.3 is 14.8 Å². The van der Waals surface area contributed by atoms with Crippen LogP contribution in [0.5, 0.6) is 5.75 Å². The van der Waals surface area contributed by atoms with Gasteiger partial charge in [-0.2, -0.15) is 0 Å². The number of hydrogen-bond acceptors (Lipinski definition) is 5. The fourth-order valence-electron chi connectivity index (χ4n) is 1.97. The highest BCUT2D eigenvalue weighted by Gasteiger charge is 2.16. The molecule has 0 aliphatic heterocycles. The van der Waals surface area contributed by atoms with Gasteiger partial charge in [0.1, 0.15) is 10.6 Å². The maximum atomic E-state index is 12.3. The predicted octanol–water partition coefficient (Wildman–Crippen LogP) is 4.21. The Bertz CT molecular complexity index is 691. The molecule has 6 heteroatoms. The highest BCUT2D eigenvalue weighted by molar-refractivity contribution is 7.12. The molecule has 0 atom stereocenters. The Balaban J connectivity index is 1.98. The van der Waals surface area contributed by atoms with E-state index in [1.165, 1.54) is 18.4 Å². The first-order valence-electron chi connectivity index (χ1n) is 7.71. The maximum absolute atomic E-state index is 12.3. The SMILES string of the molecule is COC(=O)c1sccc1NC(=O)c1ccc(OCCC(C)C)cc1. The Labute approximate surface area is 145 Å². The zero-order chi connectivity index (χ0) is 17.5. The third-order valence-corrected chi connectivity index (χ3v) is 4.26. The largest absolute Gasteiger partial charge is 0.494 e. The fraction of sp³-hybridized carbons (Fsp3) is 0.333. The average molecular weight is 347 g/mol. The van der Waals surface area contributed by atoms with Gasteiger partial charge in [0.15, 0.2) is 0 Å². The third-order valence-electron chi connectivity index (χ3n) is 3.36. The van der Waals surface area contributed by atoms with Crippen LogP contribution in [0, 0.1) is 5.92 Å². The highest BCUT2D eigenvalue weighted by Crippen LogP contribution is 2.24. The van der Waals surface area contributed by atoms with E-state index in [2.05, 4.69) is 19.2 Å². The highest BCUT2D eigenvalue weighted by atomic mass is 32.1. The van der Waals surface area contributed by atoms with Gasteiger partial charge in [0.05, 0.1) is 19.4 Å². The number of amides is 1. The summed E-state index contributed by atoms with van der Waals surface area (Å²) in [4.78, 5) is 24.3. The summed E-state index contributed by atoms with van der Waals surface area (Å²) in [6, 6.07) is 8.61. The number of carbonyl (C=O) groups excluding carboxylic acids is 2. The summed E-state index contributed by atoms with van der Waals surface area (Å²) >= 11 is 1.22. The molecule has 0 spiro atoms. The zero-order valence-electron chi connectivity index (χ0n) is 14.0. The quantitative estimate of drug-likeness (QED) is 0.762. The van der Waals surface area contributed by atoms with Gasteiger partial charge in [-0.3, -0.25) is 4.79 Å². The van der Waals surface area contributed by atoms with Crippen molar-refractivity contribution in [2.24, 2.45) is 5.92 Å². The molecular weight excluding hydrogens is 326 g/mol. The van der Waals surface area contributed by atoms with Crippen molar-refractivity contribution in [3.05, 3.63) is 46.2 Å². The first-order valence-corrected chi connectivity index (χ1v) is 8.59. The molecule has 1 N–H and O–H groups in total. The Morgan fingerprint density at radius 3 is 2.50 bits per heavy atom. The van der Waals surface area contributed by atoms with Gasteiger partial charge in [0.2, 0.25) is 0 Å². The summed E-state index contributed by atoms with van der Waals surface area (Å²) in [5.41, 5.74) is 0.947. The summed E-state index contributed by atoms with van der Waals surface area (Å²) in [5, 5.41) is 4.46. The van der Waals surface area contributed by atoms with Crippen molar-refractivity contribution in [3.8, 4) is 5.75 Å². The molecule has 0 fully saturated rings. The Hall–Kier alpha value is -2.34. The molecule has 1 aromatic carbocycles. The zero-order valence-corrected chi connectivity index (χ0v) is 14.8. The van der Waals surface area contributed by atoms with Crippen molar-refractivity contribution < 1.29 is 19.1 Å². The molecule has 1 amide bonds. The lowest BCUT2D eigenvalue weighted by Crippen LogP contribution is -2.14. The molecule has 1 heterocycles. The van der Waals surface area contributed by atoms with Crippen LogP contribution in [-0.4, -0.2) is 25.6 Å². The fourth-order valence-corrected chi connectivity index (χ4v) is 2.73. The second kappa shape index (κ2) is 8.49. The number of ether oxygens (including phenoxy) is 2. The van der Waals surface area contributed by atoms with E-state index in [0.29, 0.717) is 28.7 Å². The number of methoxy groups -OCH3 is 1. The van der Waals surface area contributed by atoms with Crippen molar-refractivity contribution in [2.45, 2.75) is 20.3 Å². The molecule has 1 aromatic heterocycles. The number of nitrogens with one attached hydrogen (secondary N) is 1. The number of anilines is 1. The molecule has 0 aliphatic carbocycles. The second-order valence-electron chi connectivity index (χ2n) is 5.66. The summed E-state index contributed by atoms with van der Waals surface area (Å²) in [6.45, 7) is 4.94. The van der Waals surface area contributed by atoms with Crippen LogP contribution >= 0.6 is 11.3 Å². The molecule has 0 saturated carbocycles. The number of carbonyl (C=O) groups is 2. The van der Waals surface area contributed by atoms with Gasteiger partial charge in [0, 0.05) is 5.56 Å². The second-order valence-corrected chi connectivity index (χ2v) is 6.58. The summed E-state index contributed by atoms with van der Waals surface area (Å²) in [5.74, 6) is 0.573. The van der Waals surface area contributed by atoms with Crippen LogP contribution in [0.1, 0.15) is 40.3 Å². The van der Waals surface area contributed by atoms with Gasteiger partial charge in [0.25, 0.3) is 5.91 Å². The third kappa shape index (κ3) is 4.83. The van der Waals surface area contributed by atoms with Gasteiger partial charge in [-0.1, -0.05) is 13.8 Å². The summed E-state index contributed by atoms with van der Waals surface area (Å²) in [7, 11) is 1.31. The Kier molecular flexibility index (Phi) is 6.37. The lowest BCUT2D eigenvalue weighted by Gasteiger charge is -2.09. The molecule has 0 saturated heterocycles. The summed E-state index contributed by atoms with van der Waals surface area (Å²) < 4.78 is 10.3. The number of esters is 1. The molecule has 24 heavy (non-hydrogen) atoms. The van der Waals surface area contributed by atoms with E-state index in [-0.39, 0.29) is 5.91 Å². The molecule has 5 nitrogen and oxygen atoms in total. The van der Waals surface area contributed by atoms with E-state index in [9.17, 15) is 9.59 Å². The van der Waals surface area contributed by atoms with Crippen molar-refractivity contribution >= 4 is 28.9 Å². The van der Waals surface area contributed by atoms with Crippen molar-refractivity contribution in [1.29, 1.82) is 0 Å². The van der Waals surface area contributed by atoms with Gasteiger partial charge in [-0.15, -0.1) is 11.3 Å². The molecule has 128 valence electrons. The van der Waals surface area contributed by atoms with Crippen LogP contribution in [0.3, 0.4) is 0 Å². The lowest BCUT2D eigenvalue weighted by atomic mass is 10.1. The van der Waals surface area contributed by atoms with E-state index in [1.807, 2.05) is 0 Å². The first-order chi connectivity index (χ1) is 11.5. The van der Waals surface area contributed by atoms with Crippen LogP contribution in [0.15, 0.2) is 35.7 Å². The standard InChI is InChI=1S/C18H21NO4S/c1-12(2)8-10-23-14-6-4-13(5-7-14)17(20)19-15-9-11-24-16(15)18(21)22-3/h4-7,9,11-12H,8,10H2,1-3H3,(H,19,20). The average Bonchev–Trinajstić information content (AvgIpc) is 3.02. The van der Waals surface area contributed by atoms with E-state index < -0.39 is 5.97 Å². The van der Waals surface area contributed by atoms with Gasteiger partial charge in [-0.25, -0.2) is 4.79 Å². The number of rotatable bonds is 7. The molecule has 0 aliphatic rings. The Morgan fingerprint density at radius 1 is 1.17 bits per heavy atom. The molecule has 0 bridgehead atoms. The van der Waals surface area contributed by atoms with Crippen LogP contribution < -0.4 is 10.1 Å². The normalized spacial score (nSPS) is 10.5. The monoisotopic (exact) mass is 347 g/mol. The van der Waals surface area contributed by atoms with E-state index in [4.69, 9.17) is 9.47 Å². The van der Waals surface area contributed by atoms with Crippen LogP contribution in [0.4, 0.5) is 5.69 Å². The van der Waals surface area contributed by atoms with Crippen molar-refractivity contribution in [2.75, 3.05) is 19.0 Å². The van der Waals surface area contributed by atoms with Gasteiger partial charge in [-0.05, 0) is 48.1 Å². The smallest absolute Gasteiger partial charge is 0.350 e. The minimum absolute atomic E-state index is 0.285. The van der Waals surface area contributed by atoms with E-state index in [1.54, 1.807) is 35.7 Å². The lowest BCUT2D eigenvalue weighted by molar-refractivity contribution is 0.0607. The molecule has 2 aromatic rings. The van der Waals surface area contributed by atoms with Crippen LogP contribution in [0.2, 0.25) is 0 Å². The molecule has 2 rings (SSSR count). The van der Waals surface area contributed by atoms with Crippen LogP contribution in [0.25, 0.3) is 0 Å². The van der Waals surface area contributed by atoms with E-state index >= 15 is 0 Å². The molecule has 0 unspecified atom stereocenters. The summed E-state index contributed by atoms with van der Waals surface area (Å²) in [6.07, 6.45) is 0.983. The van der Waals surface area contributed by atoms with Crippen molar-refractivity contribution in [1.82, 2.24) is 0 Å². The number of hydrogen-bond donors (Lipinski definition) is 1. The first kappa shape index (κ1) is 18.0. The van der Waals surface area contributed by atoms with Gasteiger partial charge >= 0.3 is 5.97 Å². The maximum Gasteiger partial charge on any atom is 0.350 e. The topological polar surface area (TPSA) is 64.6 Å².